The molecule has 5 nitrogen and oxygen atoms in total. The van der Waals surface area contributed by atoms with Crippen LogP contribution in [0.15, 0.2) is 42.5 Å². The maximum absolute atomic E-state index is 13.4. The zero-order valence-corrected chi connectivity index (χ0v) is 11.0. The van der Waals surface area contributed by atoms with Crippen LogP contribution in [0.3, 0.4) is 0 Å². The van der Waals surface area contributed by atoms with Crippen molar-refractivity contribution in [3.63, 3.8) is 0 Å². The van der Waals surface area contributed by atoms with E-state index in [2.05, 4.69) is 0 Å². The van der Waals surface area contributed by atoms with Gasteiger partial charge in [0.15, 0.2) is 17.7 Å². The first-order valence-electron chi connectivity index (χ1n) is 6.19. The largest absolute Gasteiger partial charge is 0.617 e. The molecule has 1 heterocycles. The zero-order chi connectivity index (χ0) is 15.9. The standard InChI is InChI=1S/C15H8F2N3O2/c16-10-6-12-13(7-11(10)17)20(22)15(14(8-18)19(12)21)9-4-2-1-3-5-9/h1-7,21H/q+1. The fourth-order valence-corrected chi connectivity index (χ4v) is 2.25. The van der Waals surface area contributed by atoms with Gasteiger partial charge in [-0.15, -0.1) is 0 Å². The third kappa shape index (κ3) is 1.90. The normalized spacial score (nSPS) is 10.6. The molecule has 0 fully saturated rings. The van der Waals surface area contributed by atoms with Gasteiger partial charge in [0.05, 0.1) is 17.7 Å². The lowest BCUT2D eigenvalue weighted by Gasteiger charge is -2.06. The summed E-state index contributed by atoms with van der Waals surface area (Å²) in [6.07, 6.45) is 0. The topological polar surface area (TPSA) is 74.8 Å². The lowest BCUT2D eigenvalue weighted by atomic mass is 10.1. The third-order valence-electron chi connectivity index (χ3n) is 3.26. The van der Waals surface area contributed by atoms with Crippen LogP contribution in [-0.4, -0.2) is 5.21 Å². The van der Waals surface area contributed by atoms with Crippen molar-refractivity contribution in [3.05, 3.63) is 65.0 Å². The second kappa shape index (κ2) is 4.93. The van der Waals surface area contributed by atoms with Crippen molar-refractivity contribution in [2.45, 2.75) is 0 Å². The van der Waals surface area contributed by atoms with Crippen LogP contribution < -0.4 is 9.46 Å². The highest BCUT2D eigenvalue weighted by atomic mass is 19.2. The summed E-state index contributed by atoms with van der Waals surface area (Å²) in [5, 5.41) is 31.8. The Morgan fingerprint density at radius 3 is 2.23 bits per heavy atom. The van der Waals surface area contributed by atoms with Gasteiger partial charge in [0, 0.05) is 4.73 Å². The quantitative estimate of drug-likeness (QED) is 0.423. The van der Waals surface area contributed by atoms with E-state index in [1.54, 1.807) is 36.4 Å². The molecule has 0 saturated carbocycles. The summed E-state index contributed by atoms with van der Waals surface area (Å²) in [5.74, 6) is -2.45. The van der Waals surface area contributed by atoms with E-state index in [4.69, 9.17) is 0 Å². The molecule has 0 bridgehead atoms. The molecule has 1 aromatic heterocycles. The zero-order valence-electron chi connectivity index (χ0n) is 11.0. The number of fused-ring (bicyclic) bond motifs is 1. The molecule has 2 aromatic carbocycles. The van der Waals surface area contributed by atoms with Gasteiger partial charge in [-0.25, -0.2) is 8.78 Å². The SMILES string of the molecule is N#Cc1c(-c2ccccc2)[n+]([O-])c2cc(F)c(F)cc2[n+]1O. The Labute approximate surface area is 123 Å². The number of nitriles is 1. The van der Waals surface area contributed by atoms with E-state index in [1.807, 2.05) is 0 Å². The molecule has 3 rings (SSSR count). The molecular weight excluding hydrogens is 292 g/mol. The summed E-state index contributed by atoms with van der Waals surface area (Å²) in [5.41, 5.74) is -0.753. The molecule has 0 amide bonds. The monoisotopic (exact) mass is 300 g/mol. The Hall–Kier alpha value is -3.27. The van der Waals surface area contributed by atoms with Crippen molar-refractivity contribution in [1.82, 2.24) is 0 Å². The first-order chi connectivity index (χ1) is 10.5. The van der Waals surface area contributed by atoms with E-state index in [0.717, 1.165) is 0 Å². The van der Waals surface area contributed by atoms with E-state index in [-0.39, 0.29) is 22.4 Å². The van der Waals surface area contributed by atoms with Crippen molar-refractivity contribution >= 4 is 11.0 Å². The highest BCUT2D eigenvalue weighted by Crippen LogP contribution is 2.21. The molecule has 7 heteroatoms. The number of aromatic nitrogens is 2. The molecular formula is C15H8F2N3O2+. The molecule has 0 atom stereocenters. The molecule has 108 valence electrons. The van der Waals surface area contributed by atoms with Gasteiger partial charge < -0.3 is 5.21 Å². The molecule has 0 aliphatic carbocycles. The van der Waals surface area contributed by atoms with Crippen LogP contribution in [0.4, 0.5) is 8.78 Å². The van der Waals surface area contributed by atoms with Crippen LogP contribution in [0.2, 0.25) is 0 Å². The minimum absolute atomic E-state index is 0.149. The number of halogens is 2. The second-order valence-electron chi connectivity index (χ2n) is 4.54. The molecule has 0 saturated heterocycles. The number of nitrogens with zero attached hydrogens (tertiary/aromatic N) is 3. The number of benzene rings is 2. The van der Waals surface area contributed by atoms with Crippen molar-refractivity contribution in [2.75, 3.05) is 0 Å². The van der Waals surface area contributed by atoms with Crippen molar-refractivity contribution in [3.8, 4) is 17.3 Å². The van der Waals surface area contributed by atoms with Crippen LogP contribution in [-0.2, 0) is 0 Å². The van der Waals surface area contributed by atoms with Crippen molar-refractivity contribution in [1.29, 1.82) is 5.26 Å². The van der Waals surface area contributed by atoms with Crippen molar-refractivity contribution < 1.29 is 23.4 Å². The summed E-state index contributed by atoms with van der Waals surface area (Å²) in [7, 11) is 0. The number of hydrogen-bond donors (Lipinski definition) is 1. The second-order valence-corrected chi connectivity index (χ2v) is 4.54. The summed E-state index contributed by atoms with van der Waals surface area (Å²) in [4.78, 5) is 0. The van der Waals surface area contributed by atoms with Gasteiger partial charge in [0.25, 0.3) is 5.52 Å². The molecule has 0 spiro atoms. The fraction of sp³-hybridized carbons (Fsp3) is 0. The number of rotatable bonds is 1. The van der Waals surface area contributed by atoms with Gasteiger partial charge in [-0.1, -0.05) is 18.2 Å². The minimum Gasteiger partial charge on any atom is -0.617 e. The van der Waals surface area contributed by atoms with E-state index in [1.165, 1.54) is 0 Å². The molecule has 1 N–H and O–H groups in total. The Kier molecular flexibility index (Phi) is 3.07. The summed E-state index contributed by atoms with van der Waals surface area (Å²) >= 11 is 0. The summed E-state index contributed by atoms with van der Waals surface area (Å²) in [6.45, 7) is 0. The van der Waals surface area contributed by atoms with Crippen LogP contribution in [0.25, 0.3) is 22.3 Å². The third-order valence-corrected chi connectivity index (χ3v) is 3.26. The van der Waals surface area contributed by atoms with Gasteiger partial charge in [-0.3, -0.25) is 5.21 Å². The molecule has 0 aliphatic heterocycles. The summed E-state index contributed by atoms with van der Waals surface area (Å²) < 4.78 is 27.4. The molecule has 0 aliphatic rings. The van der Waals surface area contributed by atoms with Gasteiger partial charge in [-0.05, 0) is 12.1 Å². The van der Waals surface area contributed by atoms with Gasteiger partial charge in [0.1, 0.15) is 0 Å². The van der Waals surface area contributed by atoms with Gasteiger partial charge in [0.2, 0.25) is 0 Å². The van der Waals surface area contributed by atoms with E-state index >= 15 is 0 Å². The summed E-state index contributed by atoms with van der Waals surface area (Å²) in [6, 6.07) is 11.2. The van der Waals surface area contributed by atoms with Crippen molar-refractivity contribution in [2.24, 2.45) is 0 Å². The first kappa shape index (κ1) is 13.7. The van der Waals surface area contributed by atoms with E-state index < -0.39 is 11.6 Å². The molecule has 0 unspecified atom stereocenters. The maximum Gasteiger partial charge on any atom is 0.406 e. The molecule has 22 heavy (non-hydrogen) atoms. The highest BCUT2D eigenvalue weighted by molar-refractivity contribution is 5.71. The lowest BCUT2D eigenvalue weighted by molar-refractivity contribution is -0.890. The Morgan fingerprint density at radius 2 is 1.64 bits per heavy atom. The lowest BCUT2D eigenvalue weighted by Crippen LogP contribution is -2.45. The van der Waals surface area contributed by atoms with Crippen LogP contribution >= 0.6 is 0 Å². The van der Waals surface area contributed by atoms with Crippen LogP contribution in [0, 0.1) is 28.2 Å². The van der Waals surface area contributed by atoms with E-state index in [9.17, 15) is 24.5 Å². The molecule has 0 radical (unpaired) electrons. The predicted molar refractivity (Wildman–Crippen MR) is 70.4 cm³/mol. The molecule has 3 aromatic rings. The van der Waals surface area contributed by atoms with E-state index in [0.29, 0.717) is 27.2 Å². The Balaban J connectivity index is 2.51. The number of hydrogen-bond acceptors (Lipinski definition) is 3. The van der Waals surface area contributed by atoms with Gasteiger partial charge in [-0.2, -0.15) is 9.99 Å². The fourth-order valence-electron chi connectivity index (χ4n) is 2.25. The first-order valence-corrected chi connectivity index (χ1v) is 6.19. The van der Waals surface area contributed by atoms with Crippen LogP contribution in [0.5, 0.6) is 0 Å². The van der Waals surface area contributed by atoms with Crippen LogP contribution in [0.1, 0.15) is 5.69 Å². The maximum atomic E-state index is 13.4. The van der Waals surface area contributed by atoms with Gasteiger partial charge >= 0.3 is 16.9 Å². The Morgan fingerprint density at radius 1 is 1.05 bits per heavy atom. The highest BCUT2D eigenvalue weighted by Gasteiger charge is 2.34. The Bertz CT molecular complexity index is 937. The smallest absolute Gasteiger partial charge is 0.406 e. The minimum atomic E-state index is -1.23. The predicted octanol–water partition coefficient (Wildman–Crippen LogP) is 1.81. The average molecular weight is 300 g/mol. The average Bonchev–Trinajstić information content (AvgIpc) is 2.53.